The Morgan fingerprint density at radius 2 is 1.96 bits per heavy atom. The van der Waals surface area contributed by atoms with Crippen molar-refractivity contribution in [2.75, 3.05) is 23.7 Å². The van der Waals surface area contributed by atoms with Crippen molar-refractivity contribution in [3.63, 3.8) is 0 Å². The van der Waals surface area contributed by atoms with Crippen LogP contribution in [-0.2, 0) is 4.79 Å². The van der Waals surface area contributed by atoms with E-state index in [1.807, 2.05) is 13.8 Å². The fourth-order valence-electron chi connectivity index (χ4n) is 2.74. The van der Waals surface area contributed by atoms with Gasteiger partial charge in [0.05, 0.1) is 5.75 Å². The van der Waals surface area contributed by atoms with Crippen LogP contribution in [0.4, 0.5) is 10.7 Å². The smallest absolute Gasteiger partial charge is 0.321 e. The number of imide groups is 1. The molecule has 0 atom stereocenters. The summed E-state index contributed by atoms with van der Waals surface area (Å²) in [6, 6.07) is -0.0196. The molecule has 1 aliphatic heterocycles. The largest absolute Gasteiger partial charge is 0.341 e. The van der Waals surface area contributed by atoms with E-state index in [9.17, 15) is 9.59 Å². The lowest BCUT2D eigenvalue weighted by Gasteiger charge is -2.17. The summed E-state index contributed by atoms with van der Waals surface area (Å²) >= 11 is 1.33. The summed E-state index contributed by atoms with van der Waals surface area (Å²) in [5, 5.41) is 14.3. The van der Waals surface area contributed by atoms with E-state index < -0.39 is 6.03 Å². The van der Waals surface area contributed by atoms with E-state index >= 15 is 0 Å². The molecular formula is C15H24N6O2S. The summed E-state index contributed by atoms with van der Waals surface area (Å²) in [5.41, 5.74) is 0. The molecule has 3 amide bonds. The van der Waals surface area contributed by atoms with Gasteiger partial charge in [0.15, 0.2) is 5.16 Å². The first-order valence-corrected chi connectivity index (χ1v) is 9.46. The van der Waals surface area contributed by atoms with Gasteiger partial charge in [0, 0.05) is 25.2 Å². The average molecular weight is 352 g/mol. The summed E-state index contributed by atoms with van der Waals surface area (Å²) in [6.07, 6.45) is 4.64. The van der Waals surface area contributed by atoms with E-state index in [4.69, 9.17) is 0 Å². The van der Waals surface area contributed by atoms with Gasteiger partial charge in [0.1, 0.15) is 0 Å². The van der Waals surface area contributed by atoms with Crippen LogP contribution in [0.25, 0.3) is 0 Å². The van der Waals surface area contributed by atoms with Crippen molar-refractivity contribution in [1.82, 2.24) is 25.4 Å². The molecule has 0 unspecified atom stereocenters. The maximum Gasteiger partial charge on any atom is 0.321 e. The van der Waals surface area contributed by atoms with Gasteiger partial charge >= 0.3 is 6.03 Å². The average Bonchev–Trinajstić information content (AvgIpc) is 3.04. The molecule has 2 N–H and O–H groups in total. The number of aromatic nitrogens is 3. The summed E-state index contributed by atoms with van der Waals surface area (Å²) in [4.78, 5) is 25.7. The van der Waals surface area contributed by atoms with E-state index in [1.165, 1.54) is 24.6 Å². The molecule has 0 aromatic carbocycles. The molecule has 1 saturated carbocycles. The molecule has 1 saturated heterocycles. The van der Waals surface area contributed by atoms with Gasteiger partial charge in [0.2, 0.25) is 11.9 Å². The molecule has 1 aromatic heterocycles. The molecule has 8 nitrogen and oxygen atoms in total. The van der Waals surface area contributed by atoms with Crippen LogP contribution in [-0.4, -0.2) is 51.6 Å². The van der Waals surface area contributed by atoms with Crippen LogP contribution in [0.5, 0.6) is 0 Å². The fraction of sp³-hybridized carbons (Fsp3) is 0.733. The zero-order valence-corrected chi connectivity index (χ0v) is 14.9. The number of anilines is 1. The highest BCUT2D eigenvalue weighted by molar-refractivity contribution is 7.99. The van der Waals surface area contributed by atoms with Crippen LogP contribution in [0.1, 0.15) is 45.6 Å². The fourth-order valence-corrected chi connectivity index (χ4v) is 3.54. The number of carbonyl (C=O) groups excluding carboxylic acids is 2. The first kappa shape index (κ1) is 17.1. The van der Waals surface area contributed by atoms with E-state index in [0.29, 0.717) is 6.04 Å². The zero-order chi connectivity index (χ0) is 17.1. The molecule has 0 radical (unpaired) electrons. The molecule has 132 valence electrons. The van der Waals surface area contributed by atoms with Gasteiger partial charge in [-0.1, -0.05) is 11.8 Å². The Kier molecular flexibility index (Phi) is 5.27. The quantitative estimate of drug-likeness (QED) is 0.755. The lowest BCUT2D eigenvalue weighted by atomic mass is 10.4. The summed E-state index contributed by atoms with van der Waals surface area (Å²) in [7, 11) is 0. The minimum absolute atomic E-state index is 0.00793. The van der Waals surface area contributed by atoms with Gasteiger partial charge in [-0.2, -0.15) is 0 Å². The number of urea groups is 1. The number of carbonyl (C=O) groups is 2. The standard InChI is InChI=1S/C15H24N6O2S/c1-10(2)16-13(23)17-12(22)9-24-15-19-18-14(20-7-3-4-8-20)21(15)11-5-6-11/h10-11H,3-9H2,1-2H3,(H2,16,17,22,23). The molecule has 1 aliphatic carbocycles. The Morgan fingerprint density at radius 1 is 1.25 bits per heavy atom. The highest BCUT2D eigenvalue weighted by Crippen LogP contribution is 2.41. The zero-order valence-electron chi connectivity index (χ0n) is 14.1. The Morgan fingerprint density at radius 3 is 2.58 bits per heavy atom. The van der Waals surface area contributed by atoms with Crippen molar-refractivity contribution in [2.45, 2.75) is 56.8 Å². The van der Waals surface area contributed by atoms with Crippen LogP contribution in [0.3, 0.4) is 0 Å². The Bertz CT molecular complexity index is 607. The highest BCUT2D eigenvalue weighted by Gasteiger charge is 2.32. The molecule has 0 bridgehead atoms. The number of hydrogen-bond acceptors (Lipinski definition) is 6. The molecule has 9 heteroatoms. The number of thioether (sulfide) groups is 1. The van der Waals surface area contributed by atoms with Crippen LogP contribution in [0.15, 0.2) is 5.16 Å². The second-order valence-electron chi connectivity index (χ2n) is 6.54. The first-order chi connectivity index (χ1) is 11.5. The predicted molar refractivity (Wildman–Crippen MR) is 92.3 cm³/mol. The second kappa shape index (κ2) is 7.42. The van der Waals surface area contributed by atoms with Crippen LogP contribution in [0, 0.1) is 0 Å². The minimum Gasteiger partial charge on any atom is -0.341 e. The number of amides is 3. The highest BCUT2D eigenvalue weighted by atomic mass is 32.2. The summed E-state index contributed by atoms with van der Waals surface area (Å²) in [6.45, 7) is 5.73. The maximum atomic E-state index is 11.9. The number of nitrogens with one attached hydrogen (secondary N) is 2. The third-order valence-corrected chi connectivity index (χ3v) is 4.90. The van der Waals surface area contributed by atoms with E-state index in [-0.39, 0.29) is 17.7 Å². The van der Waals surface area contributed by atoms with Crippen molar-refractivity contribution in [3.05, 3.63) is 0 Å². The Hall–Kier alpha value is -1.77. The Labute approximate surface area is 145 Å². The second-order valence-corrected chi connectivity index (χ2v) is 7.49. The van der Waals surface area contributed by atoms with Gasteiger partial charge in [-0.3, -0.25) is 14.7 Å². The normalized spacial score (nSPS) is 17.4. The first-order valence-electron chi connectivity index (χ1n) is 8.47. The number of hydrogen-bond donors (Lipinski definition) is 2. The van der Waals surface area contributed by atoms with Crippen molar-refractivity contribution >= 4 is 29.6 Å². The molecule has 3 rings (SSSR count). The third kappa shape index (κ3) is 4.19. The third-order valence-electron chi connectivity index (χ3n) is 3.95. The topological polar surface area (TPSA) is 92.2 Å². The van der Waals surface area contributed by atoms with Crippen molar-refractivity contribution < 1.29 is 9.59 Å². The van der Waals surface area contributed by atoms with Crippen LogP contribution in [0.2, 0.25) is 0 Å². The molecule has 2 heterocycles. The lowest BCUT2D eigenvalue weighted by molar-refractivity contribution is -0.117. The van der Waals surface area contributed by atoms with E-state index in [2.05, 4.69) is 30.3 Å². The van der Waals surface area contributed by atoms with Crippen LogP contribution >= 0.6 is 11.8 Å². The van der Waals surface area contributed by atoms with E-state index in [1.54, 1.807) is 0 Å². The van der Waals surface area contributed by atoms with Gasteiger partial charge in [-0.25, -0.2) is 4.79 Å². The van der Waals surface area contributed by atoms with E-state index in [0.717, 1.165) is 37.0 Å². The summed E-state index contributed by atoms with van der Waals surface area (Å²) in [5.74, 6) is 0.748. The van der Waals surface area contributed by atoms with Crippen LogP contribution < -0.4 is 15.5 Å². The van der Waals surface area contributed by atoms with Gasteiger partial charge in [0.25, 0.3) is 0 Å². The molecular weight excluding hydrogens is 328 g/mol. The molecule has 1 aromatic rings. The van der Waals surface area contributed by atoms with Gasteiger partial charge in [-0.15, -0.1) is 10.2 Å². The monoisotopic (exact) mass is 352 g/mol. The van der Waals surface area contributed by atoms with Crippen molar-refractivity contribution in [2.24, 2.45) is 0 Å². The molecule has 0 spiro atoms. The number of nitrogens with zero attached hydrogens (tertiary/aromatic N) is 4. The van der Waals surface area contributed by atoms with Gasteiger partial charge < -0.3 is 10.2 Å². The minimum atomic E-state index is -0.461. The molecule has 24 heavy (non-hydrogen) atoms. The lowest BCUT2D eigenvalue weighted by Crippen LogP contribution is -2.43. The Balaban J connectivity index is 1.59. The molecule has 2 aliphatic rings. The molecule has 2 fully saturated rings. The SMILES string of the molecule is CC(C)NC(=O)NC(=O)CSc1nnc(N2CCCC2)n1C1CC1. The maximum absolute atomic E-state index is 11.9. The van der Waals surface area contributed by atoms with Crippen molar-refractivity contribution in [1.29, 1.82) is 0 Å². The van der Waals surface area contributed by atoms with Crippen molar-refractivity contribution in [3.8, 4) is 0 Å². The predicted octanol–water partition coefficient (Wildman–Crippen LogP) is 1.54. The summed E-state index contributed by atoms with van der Waals surface area (Å²) < 4.78 is 2.16. The number of rotatable bonds is 6. The van der Waals surface area contributed by atoms with Gasteiger partial charge in [-0.05, 0) is 39.5 Å².